The van der Waals surface area contributed by atoms with Gasteiger partial charge in [0.05, 0.1) is 23.4 Å². The molecule has 2 rings (SSSR count). The molecule has 0 spiro atoms. The Morgan fingerprint density at radius 2 is 2.05 bits per heavy atom. The zero-order chi connectivity index (χ0) is 14.2. The summed E-state index contributed by atoms with van der Waals surface area (Å²) in [6, 6.07) is 0. The van der Waals surface area contributed by atoms with Gasteiger partial charge in [-0.3, -0.25) is 9.59 Å². The van der Waals surface area contributed by atoms with E-state index in [2.05, 4.69) is 6.92 Å². The van der Waals surface area contributed by atoms with Gasteiger partial charge < -0.3 is 15.4 Å². The first kappa shape index (κ1) is 14.2. The van der Waals surface area contributed by atoms with Crippen molar-refractivity contribution >= 4 is 29.1 Å². The van der Waals surface area contributed by atoms with Crippen molar-refractivity contribution in [1.82, 2.24) is 4.90 Å². The normalized spacial score (nSPS) is 33.7. The number of hydrogen-bond donors (Lipinski definition) is 1. The van der Waals surface area contributed by atoms with Crippen LogP contribution in [0.4, 0.5) is 0 Å². The Morgan fingerprint density at radius 1 is 1.42 bits per heavy atom. The number of hydrogen-bond acceptors (Lipinski definition) is 4. The average Bonchev–Trinajstić information content (AvgIpc) is 2.81. The zero-order valence-electron chi connectivity index (χ0n) is 11.3. The molecule has 19 heavy (non-hydrogen) atoms. The molecule has 1 heterocycles. The van der Waals surface area contributed by atoms with Gasteiger partial charge in [0.15, 0.2) is 0 Å². The van der Waals surface area contributed by atoms with E-state index in [9.17, 15) is 9.59 Å². The van der Waals surface area contributed by atoms with Crippen LogP contribution in [0.15, 0.2) is 0 Å². The van der Waals surface area contributed by atoms with E-state index in [-0.39, 0.29) is 22.8 Å². The minimum absolute atomic E-state index is 0.00972. The lowest BCUT2D eigenvalue weighted by molar-refractivity contribution is -0.146. The predicted molar refractivity (Wildman–Crippen MR) is 74.3 cm³/mol. The number of esters is 1. The second-order valence-electron chi connectivity index (χ2n) is 5.72. The molecule has 2 N–H and O–H groups in total. The number of nitrogens with zero attached hydrogens (tertiary/aromatic N) is 1. The van der Waals surface area contributed by atoms with Crippen molar-refractivity contribution in [3.05, 3.63) is 0 Å². The third kappa shape index (κ3) is 2.33. The highest BCUT2D eigenvalue weighted by atomic mass is 32.1. The number of likely N-dealkylation sites (tertiary alicyclic amines) is 1. The van der Waals surface area contributed by atoms with Crippen molar-refractivity contribution in [2.24, 2.45) is 23.0 Å². The molecule has 1 atom stereocenters. The minimum Gasteiger partial charge on any atom is -0.469 e. The lowest BCUT2D eigenvalue weighted by Gasteiger charge is -2.46. The second kappa shape index (κ2) is 5.07. The van der Waals surface area contributed by atoms with Crippen LogP contribution >= 0.6 is 12.2 Å². The maximum atomic E-state index is 12.6. The third-order valence-electron chi connectivity index (χ3n) is 4.28. The minimum atomic E-state index is -0.667. The number of carbonyl (C=O) groups is 2. The van der Waals surface area contributed by atoms with Gasteiger partial charge in [-0.1, -0.05) is 19.1 Å². The van der Waals surface area contributed by atoms with Gasteiger partial charge in [0.25, 0.3) is 0 Å². The van der Waals surface area contributed by atoms with Crippen molar-refractivity contribution in [1.29, 1.82) is 0 Å². The molecule has 2 aliphatic rings. The number of nitrogens with two attached hydrogens (primary N) is 1. The molecule has 0 bridgehead atoms. The molecular weight excluding hydrogens is 264 g/mol. The molecule has 0 radical (unpaired) electrons. The number of carbonyl (C=O) groups excluding carboxylic acids is 2. The lowest BCUT2D eigenvalue weighted by atomic mass is 9.61. The molecule has 106 valence electrons. The smallest absolute Gasteiger partial charge is 0.310 e. The van der Waals surface area contributed by atoms with Gasteiger partial charge in [-0.2, -0.15) is 0 Å². The number of ether oxygens (including phenoxy) is 1. The maximum Gasteiger partial charge on any atom is 0.310 e. The van der Waals surface area contributed by atoms with E-state index >= 15 is 0 Å². The molecule has 1 aliphatic heterocycles. The van der Waals surface area contributed by atoms with Crippen LogP contribution in [0.3, 0.4) is 0 Å². The van der Waals surface area contributed by atoms with Crippen LogP contribution in [0.25, 0.3) is 0 Å². The van der Waals surface area contributed by atoms with Crippen molar-refractivity contribution < 1.29 is 14.3 Å². The van der Waals surface area contributed by atoms with Gasteiger partial charge >= 0.3 is 5.97 Å². The summed E-state index contributed by atoms with van der Waals surface area (Å²) < 4.78 is 4.73. The quantitative estimate of drug-likeness (QED) is 0.610. The highest BCUT2D eigenvalue weighted by Gasteiger charge is 2.53. The highest BCUT2D eigenvalue weighted by molar-refractivity contribution is 7.80. The SMILES string of the molecule is COC(=O)C1CCN(C(=O)C2(C(N)=S)CC(C)C2)C1. The Balaban J connectivity index is 2.05. The molecular formula is C13H20N2O3S. The Morgan fingerprint density at radius 3 is 2.53 bits per heavy atom. The maximum absolute atomic E-state index is 12.6. The van der Waals surface area contributed by atoms with Gasteiger partial charge in [-0.25, -0.2) is 0 Å². The Bertz CT molecular complexity index is 418. The topological polar surface area (TPSA) is 72.6 Å². The van der Waals surface area contributed by atoms with Crippen molar-refractivity contribution in [2.75, 3.05) is 20.2 Å². The van der Waals surface area contributed by atoms with Gasteiger partial charge in [0.1, 0.15) is 0 Å². The van der Waals surface area contributed by atoms with Crippen molar-refractivity contribution in [3.8, 4) is 0 Å². The number of amides is 1. The molecule has 5 nitrogen and oxygen atoms in total. The molecule has 0 aromatic heterocycles. The molecule has 0 aromatic rings. The predicted octanol–water partition coefficient (Wildman–Crippen LogP) is 0.710. The molecule has 1 saturated carbocycles. The first-order valence-electron chi connectivity index (χ1n) is 6.58. The fourth-order valence-corrected chi connectivity index (χ4v) is 3.47. The van der Waals surface area contributed by atoms with Crippen LogP contribution in [0.2, 0.25) is 0 Å². The zero-order valence-corrected chi connectivity index (χ0v) is 12.2. The second-order valence-corrected chi connectivity index (χ2v) is 6.16. The number of thiocarbonyl (C=S) groups is 1. The fraction of sp³-hybridized carbons (Fsp3) is 0.769. The van der Waals surface area contributed by atoms with Crippen LogP contribution in [-0.4, -0.2) is 42.0 Å². The molecule has 6 heteroatoms. The summed E-state index contributed by atoms with van der Waals surface area (Å²) in [5.41, 5.74) is 5.11. The van der Waals surface area contributed by atoms with Crippen LogP contribution in [0.1, 0.15) is 26.2 Å². The monoisotopic (exact) mass is 284 g/mol. The molecule has 0 aromatic carbocycles. The molecule has 1 amide bonds. The largest absolute Gasteiger partial charge is 0.469 e. The third-order valence-corrected chi connectivity index (χ3v) is 4.68. The Kier molecular flexibility index (Phi) is 3.80. The summed E-state index contributed by atoms with van der Waals surface area (Å²) in [5, 5.41) is 0. The van der Waals surface area contributed by atoms with E-state index in [0.29, 0.717) is 25.4 Å². The molecule has 1 aliphatic carbocycles. The van der Waals surface area contributed by atoms with E-state index in [4.69, 9.17) is 22.7 Å². The summed E-state index contributed by atoms with van der Waals surface area (Å²) in [6.45, 7) is 3.09. The summed E-state index contributed by atoms with van der Waals surface area (Å²) >= 11 is 5.09. The standard InChI is InChI=1S/C13H20N2O3S/c1-8-5-13(6-8,11(14)19)12(17)15-4-3-9(7-15)10(16)18-2/h8-9H,3-7H2,1-2H3,(H2,14,19). The number of methoxy groups -OCH3 is 1. The first-order chi connectivity index (χ1) is 8.90. The van der Waals surface area contributed by atoms with Crippen LogP contribution in [-0.2, 0) is 14.3 Å². The summed E-state index contributed by atoms with van der Waals surface area (Å²) in [5.74, 6) is 0.00505. The number of rotatable bonds is 3. The molecule has 2 fully saturated rings. The molecule has 1 saturated heterocycles. The average molecular weight is 284 g/mol. The lowest BCUT2D eigenvalue weighted by Crippen LogP contribution is -2.56. The van der Waals surface area contributed by atoms with Crippen LogP contribution < -0.4 is 5.73 Å². The van der Waals surface area contributed by atoms with Crippen LogP contribution in [0.5, 0.6) is 0 Å². The Labute approximate surface area is 118 Å². The summed E-state index contributed by atoms with van der Waals surface area (Å²) in [4.78, 5) is 26.1. The molecule has 1 unspecified atom stereocenters. The van der Waals surface area contributed by atoms with Gasteiger partial charge in [0.2, 0.25) is 5.91 Å². The van der Waals surface area contributed by atoms with Crippen molar-refractivity contribution in [2.45, 2.75) is 26.2 Å². The van der Waals surface area contributed by atoms with Gasteiger partial charge in [-0.05, 0) is 25.2 Å². The van der Waals surface area contributed by atoms with Gasteiger partial charge in [0, 0.05) is 13.1 Å². The fourth-order valence-electron chi connectivity index (χ4n) is 3.22. The van der Waals surface area contributed by atoms with Crippen molar-refractivity contribution in [3.63, 3.8) is 0 Å². The van der Waals surface area contributed by atoms with E-state index in [1.165, 1.54) is 7.11 Å². The Hall–Kier alpha value is -1.17. The highest BCUT2D eigenvalue weighted by Crippen LogP contribution is 2.47. The van der Waals surface area contributed by atoms with E-state index in [1.807, 2.05) is 0 Å². The first-order valence-corrected chi connectivity index (χ1v) is 6.98. The summed E-state index contributed by atoms with van der Waals surface area (Å²) in [6.07, 6.45) is 2.10. The van der Waals surface area contributed by atoms with Gasteiger partial charge in [-0.15, -0.1) is 0 Å². The van der Waals surface area contributed by atoms with Crippen LogP contribution in [0, 0.1) is 17.3 Å². The summed E-state index contributed by atoms with van der Waals surface area (Å²) in [7, 11) is 1.37. The van der Waals surface area contributed by atoms with E-state index in [0.717, 1.165) is 12.8 Å². The van der Waals surface area contributed by atoms with E-state index < -0.39 is 5.41 Å². The van der Waals surface area contributed by atoms with E-state index in [1.54, 1.807) is 4.90 Å².